The lowest BCUT2D eigenvalue weighted by atomic mass is 10.1. The minimum atomic E-state index is -0.0646. The van der Waals surface area contributed by atoms with Crippen LogP contribution >= 0.6 is 0 Å². The van der Waals surface area contributed by atoms with Gasteiger partial charge >= 0.3 is 0 Å². The molecule has 3 nitrogen and oxygen atoms in total. The molecule has 1 aliphatic heterocycles. The second kappa shape index (κ2) is 5.58. The van der Waals surface area contributed by atoms with Crippen LogP contribution in [0.25, 0.3) is 0 Å². The van der Waals surface area contributed by atoms with E-state index in [9.17, 15) is 4.39 Å². The Bertz CT molecular complexity index is 503. The van der Waals surface area contributed by atoms with Crippen molar-refractivity contribution in [2.45, 2.75) is 44.3 Å². The van der Waals surface area contributed by atoms with E-state index >= 15 is 0 Å². The van der Waals surface area contributed by atoms with E-state index in [2.05, 4.69) is 21.2 Å². The largest absolute Gasteiger partial charge is 0.369 e. The van der Waals surface area contributed by atoms with Crippen molar-refractivity contribution in [2.75, 3.05) is 31.1 Å². The summed E-state index contributed by atoms with van der Waals surface area (Å²) in [5.41, 5.74) is 1.95. The summed E-state index contributed by atoms with van der Waals surface area (Å²) in [6.45, 7) is 4.95. The number of halogens is 1. The van der Waals surface area contributed by atoms with Crippen LogP contribution in [0.1, 0.15) is 31.2 Å². The molecule has 0 unspecified atom stereocenters. The lowest BCUT2D eigenvalue weighted by Gasteiger charge is -2.37. The second-order valence-corrected chi connectivity index (χ2v) is 6.65. The Labute approximate surface area is 126 Å². The Balaban J connectivity index is 1.46. The average molecular weight is 289 g/mol. The smallest absolute Gasteiger partial charge is 0.129 e. The number of piperazine rings is 1. The van der Waals surface area contributed by atoms with Gasteiger partial charge in [-0.2, -0.15) is 0 Å². The van der Waals surface area contributed by atoms with Crippen molar-refractivity contribution in [3.63, 3.8) is 0 Å². The van der Waals surface area contributed by atoms with Gasteiger partial charge in [-0.25, -0.2) is 4.39 Å². The molecule has 0 atom stereocenters. The summed E-state index contributed by atoms with van der Waals surface area (Å²) in [5, 5.41) is 3.45. The Morgan fingerprint density at radius 2 is 1.81 bits per heavy atom. The van der Waals surface area contributed by atoms with Gasteiger partial charge in [0.2, 0.25) is 0 Å². The summed E-state index contributed by atoms with van der Waals surface area (Å²) in [6.07, 6.45) is 5.22. The standard InChI is InChI=1S/C17H24FN3/c18-16-2-1-3-17(15(16)12-19-13-4-5-13)21-10-8-20(9-11-21)14-6-7-14/h1-3,13-14,19H,4-12H2. The zero-order valence-electron chi connectivity index (χ0n) is 12.5. The molecule has 1 aromatic carbocycles. The van der Waals surface area contributed by atoms with Crippen molar-refractivity contribution >= 4 is 5.69 Å². The molecule has 0 spiro atoms. The van der Waals surface area contributed by atoms with Crippen LogP contribution < -0.4 is 10.2 Å². The molecule has 1 N–H and O–H groups in total. The zero-order valence-corrected chi connectivity index (χ0v) is 12.5. The molecular formula is C17H24FN3. The minimum absolute atomic E-state index is 0.0646. The Morgan fingerprint density at radius 1 is 1.05 bits per heavy atom. The van der Waals surface area contributed by atoms with E-state index in [1.165, 1.54) is 25.7 Å². The molecule has 114 valence electrons. The first kappa shape index (κ1) is 13.5. The van der Waals surface area contributed by atoms with Crippen LogP contribution in [0.2, 0.25) is 0 Å². The fourth-order valence-electron chi connectivity index (χ4n) is 3.32. The first-order valence-electron chi connectivity index (χ1n) is 8.31. The van der Waals surface area contributed by atoms with Gasteiger partial charge < -0.3 is 10.2 Å². The van der Waals surface area contributed by atoms with Crippen molar-refractivity contribution in [1.29, 1.82) is 0 Å². The normalized spacial score (nSPS) is 23.6. The Kier molecular flexibility index (Phi) is 3.59. The maximum Gasteiger partial charge on any atom is 0.129 e. The fraction of sp³-hybridized carbons (Fsp3) is 0.647. The fourth-order valence-corrected chi connectivity index (χ4v) is 3.32. The quantitative estimate of drug-likeness (QED) is 0.898. The third-order valence-electron chi connectivity index (χ3n) is 4.96. The summed E-state index contributed by atoms with van der Waals surface area (Å²) < 4.78 is 14.2. The predicted molar refractivity (Wildman–Crippen MR) is 83.1 cm³/mol. The number of hydrogen-bond acceptors (Lipinski definition) is 3. The van der Waals surface area contributed by atoms with E-state index in [1.807, 2.05) is 6.07 Å². The molecule has 2 aliphatic carbocycles. The first-order chi connectivity index (χ1) is 10.3. The molecular weight excluding hydrogens is 265 g/mol. The summed E-state index contributed by atoms with van der Waals surface area (Å²) in [7, 11) is 0. The van der Waals surface area contributed by atoms with Crippen molar-refractivity contribution in [2.24, 2.45) is 0 Å². The monoisotopic (exact) mass is 289 g/mol. The molecule has 0 radical (unpaired) electrons. The number of benzene rings is 1. The van der Waals surface area contributed by atoms with E-state index in [0.717, 1.165) is 43.5 Å². The van der Waals surface area contributed by atoms with E-state index in [-0.39, 0.29) is 5.82 Å². The molecule has 1 saturated heterocycles. The maximum absolute atomic E-state index is 14.2. The first-order valence-corrected chi connectivity index (χ1v) is 8.31. The molecule has 3 fully saturated rings. The van der Waals surface area contributed by atoms with Gasteiger partial charge in [0.1, 0.15) is 5.82 Å². The Hall–Kier alpha value is -1.13. The molecule has 0 aromatic heterocycles. The van der Waals surface area contributed by atoms with E-state index in [0.29, 0.717) is 12.6 Å². The highest BCUT2D eigenvalue weighted by molar-refractivity contribution is 5.54. The molecule has 1 heterocycles. The predicted octanol–water partition coefficient (Wildman–Crippen LogP) is 2.36. The zero-order chi connectivity index (χ0) is 14.2. The molecule has 3 aliphatic rings. The van der Waals surface area contributed by atoms with Gasteiger partial charge in [0.15, 0.2) is 0 Å². The Morgan fingerprint density at radius 3 is 2.48 bits per heavy atom. The van der Waals surface area contributed by atoms with Gasteiger partial charge in [0, 0.05) is 56.1 Å². The van der Waals surface area contributed by atoms with Crippen LogP contribution in [-0.4, -0.2) is 43.2 Å². The summed E-state index contributed by atoms with van der Waals surface area (Å²) in [6, 6.07) is 6.98. The second-order valence-electron chi connectivity index (χ2n) is 6.65. The van der Waals surface area contributed by atoms with Gasteiger partial charge in [-0.05, 0) is 37.8 Å². The van der Waals surface area contributed by atoms with Gasteiger partial charge in [0.05, 0.1) is 0 Å². The van der Waals surface area contributed by atoms with Crippen molar-refractivity contribution < 1.29 is 4.39 Å². The minimum Gasteiger partial charge on any atom is -0.369 e. The molecule has 4 rings (SSSR count). The topological polar surface area (TPSA) is 18.5 Å². The van der Waals surface area contributed by atoms with Gasteiger partial charge in [-0.15, -0.1) is 0 Å². The van der Waals surface area contributed by atoms with Crippen LogP contribution in [0.5, 0.6) is 0 Å². The number of nitrogens with zero attached hydrogens (tertiary/aromatic N) is 2. The number of rotatable bonds is 5. The SMILES string of the molecule is Fc1cccc(N2CCN(C3CC3)CC2)c1CNC1CC1. The molecule has 1 aromatic rings. The number of anilines is 1. The maximum atomic E-state index is 14.2. The van der Waals surface area contributed by atoms with Gasteiger partial charge in [0.25, 0.3) is 0 Å². The highest BCUT2D eigenvalue weighted by atomic mass is 19.1. The van der Waals surface area contributed by atoms with E-state index in [1.54, 1.807) is 6.07 Å². The molecule has 4 heteroatoms. The lowest BCUT2D eigenvalue weighted by molar-refractivity contribution is 0.248. The summed E-state index contributed by atoms with van der Waals surface area (Å²) >= 11 is 0. The van der Waals surface area contributed by atoms with Crippen molar-refractivity contribution in [3.05, 3.63) is 29.6 Å². The van der Waals surface area contributed by atoms with Crippen LogP contribution in [0.4, 0.5) is 10.1 Å². The average Bonchev–Trinajstić information content (AvgIpc) is 3.39. The molecule has 0 amide bonds. The van der Waals surface area contributed by atoms with Crippen molar-refractivity contribution in [1.82, 2.24) is 10.2 Å². The van der Waals surface area contributed by atoms with Crippen LogP contribution in [0, 0.1) is 5.82 Å². The number of hydrogen-bond donors (Lipinski definition) is 1. The summed E-state index contributed by atoms with van der Waals surface area (Å²) in [4.78, 5) is 4.96. The van der Waals surface area contributed by atoms with Crippen molar-refractivity contribution in [3.8, 4) is 0 Å². The highest BCUT2D eigenvalue weighted by Crippen LogP contribution is 2.30. The van der Waals surface area contributed by atoms with Gasteiger partial charge in [-0.3, -0.25) is 4.90 Å². The molecule has 21 heavy (non-hydrogen) atoms. The van der Waals surface area contributed by atoms with Crippen LogP contribution in [0.15, 0.2) is 18.2 Å². The third kappa shape index (κ3) is 3.06. The molecule has 0 bridgehead atoms. The van der Waals surface area contributed by atoms with E-state index < -0.39 is 0 Å². The summed E-state index contributed by atoms with van der Waals surface area (Å²) in [5.74, 6) is -0.0646. The van der Waals surface area contributed by atoms with Gasteiger partial charge in [-0.1, -0.05) is 6.07 Å². The molecule has 2 saturated carbocycles. The lowest BCUT2D eigenvalue weighted by Crippen LogP contribution is -2.47. The highest BCUT2D eigenvalue weighted by Gasteiger charge is 2.31. The number of nitrogens with one attached hydrogen (secondary N) is 1. The third-order valence-corrected chi connectivity index (χ3v) is 4.96. The van der Waals surface area contributed by atoms with Crippen LogP contribution in [-0.2, 0) is 6.54 Å². The van der Waals surface area contributed by atoms with E-state index in [4.69, 9.17) is 0 Å². The van der Waals surface area contributed by atoms with Crippen LogP contribution in [0.3, 0.4) is 0 Å².